The number of carbonyl (C=O) groups is 1. The Hall–Kier alpha value is -2.33. The number of carboxylic acids is 1. The summed E-state index contributed by atoms with van der Waals surface area (Å²) in [6.45, 7) is 0.585. The molecule has 0 fully saturated rings. The lowest BCUT2D eigenvalue weighted by molar-refractivity contribution is -0.136. The van der Waals surface area contributed by atoms with E-state index in [9.17, 15) is 4.79 Å². The van der Waals surface area contributed by atoms with Crippen LogP contribution in [0.1, 0.15) is 11.1 Å². The van der Waals surface area contributed by atoms with Crippen LogP contribution in [0.3, 0.4) is 0 Å². The summed E-state index contributed by atoms with van der Waals surface area (Å²) in [5.41, 5.74) is 2.76. The molecule has 4 nitrogen and oxygen atoms in total. The van der Waals surface area contributed by atoms with Gasteiger partial charge in [-0.15, -0.1) is 0 Å². The lowest BCUT2D eigenvalue weighted by Gasteiger charge is -2.06. The molecule has 3 aromatic rings. The molecule has 106 valence electrons. The third-order valence-electron chi connectivity index (χ3n) is 3.41. The fraction of sp³-hybridized carbons (Fsp3) is 0.125. The average Bonchev–Trinajstić information content (AvgIpc) is 2.79. The van der Waals surface area contributed by atoms with E-state index in [1.54, 1.807) is 12.4 Å². The molecule has 0 aliphatic rings. The van der Waals surface area contributed by atoms with Crippen LogP contribution in [-0.4, -0.2) is 20.6 Å². The normalized spacial score (nSPS) is 10.9. The van der Waals surface area contributed by atoms with Crippen molar-refractivity contribution < 1.29 is 9.90 Å². The van der Waals surface area contributed by atoms with E-state index in [1.165, 1.54) is 0 Å². The topological polar surface area (TPSA) is 55.1 Å². The van der Waals surface area contributed by atoms with Crippen LogP contribution in [0.2, 0.25) is 5.02 Å². The van der Waals surface area contributed by atoms with Crippen molar-refractivity contribution in [2.24, 2.45) is 0 Å². The maximum Gasteiger partial charge on any atom is 0.307 e. The molecule has 2 heterocycles. The second-order valence-electron chi connectivity index (χ2n) is 4.84. The third-order valence-corrected chi connectivity index (χ3v) is 3.75. The predicted molar refractivity (Wildman–Crippen MR) is 81.6 cm³/mol. The Labute approximate surface area is 126 Å². The Balaban J connectivity index is 2.06. The zero-order chi connectivity index (χ0) is 14.8. The number of benzene rings is 1. The molecule has 0 unspecified atom stereocenters. The quantitative estimate of drug-likeness (QED) is 0.804. The van der Waals surface area contributed by atoms with E-state index < -0.39 is 5.97 Å². The lowest BCUT2D eigenvalue weighted by Crippen LogP contribution is -2.00. The van der Waals surface area contributed by atoms with Crippen molar-refractivity contribution >= 4 is 28.5 Å². The Bertz CT molecular complexity index is 811. The molecule has 1 N–H and O–H groups in total. The first-order valence-electron chi connectivity index (χ1n) is 6.52. The van der Waals surface area contributed by atoms with E-state index >= 15 is 0 Å². The largest absolute Gasteiger partial charge is 0.481 e. The van der Waals surface area contributed by atoms with E-state index in [1.807, 2.05) is 41.1 Å². The first kappa shape index (κ1) is 13.6. The second kappa shape index (κ2) is 5.58. The fourth-order valence-corrected chi connectivity index (χ4v) is 2.65. The van der Waals surface area contributed by atoms with Crippen LogP contribution >= 0.6 is 11.6 Å². The molecular formula is C16H13ClN2O2. The minimum Gasteiger partial charge on any atom is -0.481 e. The van der Waals surface area contributed by atoms with E-state index in [0.29, 0.717) is 11.6 Å². The molecule has 0 radical (unpaired) electrons. The first-order chi connectivity index (χ1) is 10.1. The van der Waals surface area contributed by atoms with Gasteiger partial charge in [-0.05, 0) is 23.3 Å². The standard InChI is InChI=1S/C16H13ClN2O2/c17-14-8-18-6-5-11(14)9-19-10-12(7-16(20)21)13-3-1-2-4-15(13)19/h1-6,8,10H,7,9H2,(H,20,21). The number of hydrogen-bond acceptors (Lipinski definition) is 2. The molecule has 3 rings (SSSR count). The van der Waals surface area contributed by atoms with E-state index in [4.69, 9.17) is 16.7 Å². The summed E-state index contributed by atoms with van der Waals surface area (Å²) in [6.07, 6.45) is 5.21. The summed E-state index contributed by atoms with van der Waals surface area (Å²) in [6, 6.07) is 9.65. The summed E-state index contributed by atoms with van der Waals surface area (Å²) < 4.78 is 2.02. The van der Waals surface area contributed by atoms with Gasteiger partial charge in [-0.3, -0.25) is 9.78 Å². The summed E-state index contributed by atoms with van der Waals surface area (Å²) in [5, 5.41) is 10.6. The molecular weight excluding hydrogens is 288 g/mol. The van der Waals surface area contributed by atoms with Gasteiger partial charge in [-0.2, -0.15) is 0 Å². The van der Waals surface area contributed by atoms with Gasteiger partial charge >= 0.3 is 5.97 Å². The van der Waals surface area contributed by atoms with Crippen molar-refractivity contribution in [1.29, 1.82) is 0 Å². The van der Waals surface area contributed by atoms with Gasteiger partial charge in [0.25, 0.3) is 0 Å². The van der Waals surface area contributed by atoms with Crippen molar-refractivity contribution in [3.63, 3.8) is 0 Å². The molecule has 0 spiro atoms. The lowest BCUT2D eigenvalue weighted by atomic mass is 10.1. The van der Waals surface area contributed by atoms with Crippen molar-refractivity contribution in [3.05, 3.63) is 65.1 Å². The van der Waals surface area contributed by atoms with Gasteiger partial charge in [-0.25, -0.2) is 0 Å². The fourth-order valence-electron chi connectivity index (χ4n) is 2.47. The van der Waals surface area contributed by atoms with Crippen molar-refractivity contribution in [2.45, 2.75) is 13.0 Å². The Morgan fingerprint density at radius 3 is 2.81 bits per heavy atom. The average molecular weight is 301 g/mol. The van der Waals surface area contributed by atoms with Crippen LogP contribution in [-0.2, 0) is 17.8 Å². The Kier molecular flexibility index (Phi) is 3.62. The maximum atomic E-state index is 11.0. The molecule has 0 saturated heterocycles. The van der Waals surface area contributed by atoms with E-state index in [0.717, 1.165) is 22.0 Å². The third kappa shape index (κ3) is 2.76. The number of aliphatic carboxylic acids is 1. The monoisotopic (exact) mass is 300 g/mol. The molecule has 1 aromatic carbocycles. The molecule has 0 aliphatic heterocycles. The number of pyridine rings is 1. The summed E-state index contributed by atoms with van der Waals surface area (Å²) >= 11 is 6.15. The summed E-state index contributed by atoms with van der Waals surface area (Å²) in [7, 11) is 0. The number of halogens is 1. The highest BCUT2D eigenvalue weighted by Crippen LogP contribution is 2.24. The van der Waals surface area contributed by atoms with Crippen molar-refractivity contribution in [2.75, 3.05) is 0 Å². The van der Waals surface area contributed by atoms with Crippen LogP contribution in [0.5, 0.6) is 0 Å². The maximum absolute atomic E-state index is 11.0. The van der Waals surface area contributed by atoms with Crippen LogP contribution in [0.15, 0.2) is 48.9 Å². The molecule has 0 saturated carbocycles. The molecule has 2 aromatic heterocycles. The number of carboxylic acid groups (broad SMARTS) is 1. The van der Waals surface area contributed by atoms with Crippen molar-refractivity contribution in [1.82, 2.24) is 9.55 Å². The van der Waals surface area contributed by atoms with Gasteiger partial charge in [0.1, 0.15) is 0 Å². The van der Waals surface area contributed by atoms with Crippen LogP contribution in [0.4, 0.5) is 0 Å². The smallest absolute Gasteiger partial charge is 0.307 e. The van der Waals surface area contributed by atoms with E-state index in [-0.39, 0.29) is 6.42 Å². The molecule has 0 bridgehead atoms. The van der Waals surface area contributed by atoms with Gasteiger partial charge in [-0.1, -0.05) is 29.8 Å². The number of fused-ring (bicyclic) bond motifs is 1. The molecule has 21 heavy (non-hydrogen) atoms. The predicted octanol–water partition coefficient (Wildman–Crippen LogP) is 3.37. The second-order valence-corrected chi connectivity index (χ2v) is 5.24. The zero-order valence-corrected chi connectivity index (χ0v) is 11.9. The van der Waals surface area contributed by atoms with Gasteiger partial charge in [0, 0.05) is 36.0 Å². The number of nitrogens with zero attached hydrogens (tertiary/aromatic N) is 2. The molecule has 0 atom stereocenters. The number of rotatable bonds is 4. The van der Waals surface area contributed by atoms with Gasteiger partial charge in [0.2, 0.25) is 0 Å². The minimum absolute atomic E-state index is 0.0115. The van der Waals surface area contributed by atoms with Crippen LogP contribution < -0.4 is 0 Å². The van der Waals surface area contributed by atoms with Crippen LogP contribution in [0.25, 0.3) is 10.9 Å². The molecule has 5 heteroatoms. The summed E-state index contributed by atoms with van der Waals surface area (Å²) in [4.78, 5) is 15.0. The highest BCUT2D eigenvalue weighted by atomic mass is 35.5. The van der Waals surface area contributed by atoms with Gasteiger partial charge < -0.3 is 9.67 Å². The van der Waals surface area contributed by atoms with Gasteiger partial charge in [0.05, 0.1) is 11.4 Å². The Morgan fingerprint density at radius 1 is 1.24 bits per heavy atom. The Morgan fingerprint density at radius 2 is 2.05 bits per heavy atom. The molecule has 0 amide bonds. The van der Waals surface area contributed by atoms with Crippen molar-refractivity contribution in [3.8, 4) is 0 Å². The first-order valence-corrected chi connectivity index (χ1v) is 6.90. The number of aromatic nitrogens is 2. The van der Waals surface area contributed by atoms with E-state index in [2.05, 4.69) is 4.98 Å². The van der Waals surface area contributed by atoms with Crippen LogP contribution in [0, 0.1) is 0 Å². The SMILES string of the molecule is O=C(O)Cc1cn(Cc2ccncc2Cl)c2ccccc12. The summed E-state index contributed by atoms with van der Waals surface area (Å²) in [5.74, 6) is -0.833. The van der Waals surface area contributed by atoms with Gasteiger partial charge in [0.15, 0.2) is 0 Å². The number of hydrogen-bond donors (Lipinski definition) is 1. The highest BCUT2D eigenvalue weighted by Gasteiger charge is 2.12. The number of para-hydroxylation sites is 1. The minimum atomic E-state index is -0.833. The highest BCUT2D eigenvalue weighted by molar-refractivity contribution is 6.31. The zero-order valence-electron chi connectivity index (χ0n) is 11.2. The molecule has 0 aliphatic carbocycles.